The van der Waals surface area contributed by atoms with E-state index < -0.39 is 0 Å². The van der Waals surface area contributed by atoms with Crippen LogP contribution in [-0.2, 0) is 4.74 Å². The number of benzene rings is 1. The summed E-state index contributed by atoms with van der Waals surface area (Å²) in [7, 11) is 1.99. The lowest BCUT2D eigenvalue weighted by atomic mass is 10.0. The van der Waals surface area contributed by atoms with Crippen LogP contribution >= 0.6 is 11.8 Å². The predicted octanol–water partition coefficient (Wildman–Crippen LogP) is 4.41. The molecule has 1 N–H and O–H groups in total. The SMILES string of the molecule is CNC(C)c1ccc(SC2CC(C)(C)OC2(C)C)cc1. The average Bonchev–Trinajstić information content (AvgIpc) is 2.57. The summed E-state index contributed by atoms with van der Waals surface area (Å²) in [4.78, 5) is 1.33. The zero-order chi connectivity index (χ0) is 15.0. The molecule has 112 valence electrons. The molecular weight excluding hydrogens is 266 g/mol. The molecule has 1 aliphatic heterocycles. The van der Waals surface area contributed by atoms with Gasteiger partial charge >= 0.3 is 0 Å². The third-order valence-corrected chi connectivity index (χ3v) is 5.65. The maximum absolute atomic E-state index is 6.17. The van der Waals surface area contributed by atoms with Gasteiger partial charge in [-0.25, -0.2) is 0 Å². The van der Waals surface area contributed by atoms with E-state index in [1.807, 2.05) is 18.8 Å². The second-order valence-corrected chi connectivity index (χ2v) is 8.13. The smallest absolute Gasteiger partial charge is 0.0756 e. The second kappa shape index (κ2) is 5.70. The van der Waals surface area contributed by atoms with Gasteiger partial charge in [-0.3, -0.25) is 0 Å². The Morgan fingerprint density at radius 1 is 1.20 bits per heavy atom. The van der Waals surface area contributed by atoms with Gasteiger partial charge in [-0.15, -0.1) is 11.8 Å². The Morgan fingerprint density at radius 3 is 2.25 bits per heavy atom. The van der Waals surface area contributed by atoms with Gasteiger partial charge in [0.05, 0.1) is 11.2 Å². The number of ether oxygens (including phenoxy) is 1. The minimum atomic E-state index is -0.0644. The molecule has 1 saturated heterocycles. The molecule has 2 nitrogen and oxygen atoms in total. The van der Waals surface area contributed by atoms with Crippen LogP contribution in [0.1, 0.15) is 52.6 Å². The van der Waals surface area contributed by atoms with Crippen molar-refractivity contribution in [2.24, 2.45) is 0 Å². The van der Waals surface area contributed by atoms with Crippen molar-refractivity contribution in [3.05, 3.63) is 29.8 Å². The minimum Gasteiger partial charge on any atom is -0.368 e. The summed E-state index contributed by atoms with van der Waals surface area (Å²) in [5, 5.41) is 3.78. The molecule has 0 aliphatic carbocycles. The van der Waals surface area contributed by atoms with Crippen LogP contribution in [0.3, 0.4) is 0 Å². The topological polar surface area (TPSA) is 21.3 Å². The molecule has 3 heteroatoms. The van der Waals surface area contributed by atoms with Crippen molar-refractivity contribution < 1.29 is 4.74 Å². The van der Waals surface area contributed by atoms with Crippen LogP contribution in [0.25, 0.3) is 0 Å². The molecule has 1 heterocycles. The Hall–Kier alpha value is -0.510. The lowest BCUT2D eigenvalue weighted by Crippen LogP contribution is -2.30. The van der Waals surface area contributed by atoms with E-state index in [2.05, 4.69) is 64.2 Å². The summed E-state index contributed by atoms with van der Waals surface area (Å²) in [6, 6.07) is 9.30. The van der Waals surface area contributed by atoms with Gasteiger partial charge in [0.1, 0.15) is 0 Å². The van der Waals surface area contributed by atoms with Crippen LogP contribution in [0.4, 0.5) is 0 Å². The van der Waals surface area contributed by atoms with Crippen LogP contribution in [0, 0.1) is 0 Å². The second-order valence-electron chi connectivity index (χ2n) is 6.86. The molecular formula is C17H27NOS. The molecule has 1 fully saturated rings. The van der Waals surface area contributed by atoms with Crippen LogP contribution in [-0.4, -0.2) is 23.5 Å². The fourth-order valence-electron chi connectivity index (χ4n) is 2.86. The van der Waals surface area contributed by atoms with Gasteiger partial charge in [0.25, 0.3) is 0 Å². The van der Waals surface area contributed by atoms with Crippen molar-refractivity contribution in [2.75, 3.05) is 7.05 Å². The van der Waals surface area contributed by atoms with E-state index in [-0.39, 0.29) is 11.2 Å². The van der Waals surface area contributed by atoms with Crippen LogP contribution in [0.5, 0.6) is 0 Å². The van der Waals surface area contributed by atoms with Gasteiger partial charge < -0.3 is 10.1 Å². The minimum absolute atomic E-state index is 0.0122. The number of rotatable bonds is 4. The normalized spacial score (nSPS) is 25.6. The molecule has 0 radical (unpaired) electrons. The molecule has 2 rings (SSSR count). The van der Waals surface area contributed by atoms with E-state index in [1.54, 1.807) is 0 Å². The number of nitrogens with one attached hydrogen (secondary N) is 1. The zero-order valence-corrected chi connectivity index (χ0v) is 14.3. The lowest BCUT2D eigenvalue weighted by Gasteiger charge is -2.27. The number of hydrogen-bond donors (Lipinski definition) is 1. The Kier molecular flexibility index (Phi) is 4.53. The fraction of sp³-hybridized carbons (Fsp3) is 0.647. The van der Waals surface area contributed by atoms with Crippen molar-refractivity contribution in [3.8, 4) is 0 Å². The number of hydrogen-bond acceptors (Lipinski definition) is 3. The fourth-order valence-corrected chi connectivity index (χ4v) is 4.30. The first kappa shape index (κ1) is 15.9. The van der Waals surface area contributed by atoms with Gasteiger partial charge in [-0.2, -0.15) is 0 Å². The van der Waals surface area contributed by atoms with E-state index >= 15 is 0 Å². The summed E-state index contributed by atoms with van der Waals surface area (Å²) < 4.78 is 6.17. The molecule has 0 bridgehead atoms. The average molecular weight is 293 g/mol. The maximum Gasteiger partial charge on any atom is 0.0756 e. The molecule has 2 atom stereocenters. The molecule has 1 aromatic rings. The quantitative estimate of drug-likeness (QED) is 0.888. The predicted molar refractivity (Wildman–Crippen MR) is 87.4 cm³/mol. The highest BCUT2D eigenvalue weighted by atomic mass is 32.2. The molecule has 0 aromatic heterocycles. The van der Waals surface area contributed by atoms with Crippen molar-refractivity contribution in [2.45, 2.75) is 68.4 Å². The van der Waals surface area contributed by atoms with Crippen molar-refractivity contribution in [3.63, 3.8) is 0 Å². The standard InChI is InChI=1S/C17H27NOS/c1-12(18-6)13-7-9-14(10-8-13)20-15-11-16(2,3)19-17(15,4)5/h7-10,12,15,18H,11H2,1-6H3. The number of thioether (sulfide) groups is 1. The van der Waals surface area contributed by atoms with Gasteiger partial charge in [-0.05, 0) is 65.8 Å². The summed E-state index contributed by atoms with van der Waals surface area (Å²) in [5.41, 5.74) is 1.26. The molecule has 0 spiro atoms. The van der Waals surface area contributed by atoms with E-state index in [0.717, 1.165) is 6.42 Å². The molecule has 0 saturated carbocycles. The third-order valence-electron chi connectivity index (χ3n) is 4.08. The highest BCUT2D eigenvalue weighted by Crippen LogP contribution is 2.46. The Morgan fingerprint density at radius 2 is 1.80 bits per heavy atom. The summed E-state index contributed by atoms with van der Waals surface area (Å²) in [6.07, 6.45) is 1.10. The highest BCUT2D eigenvalue weighted by molar-refractivity contribution is 8.00. The first-order valence-electron chi connectivity index (χ1n) is 7.37. The van der Waals surface area contributed by atoms with Crippen LogP contribution in [0.15, 0.2) is 29.2 Å². The van der Waals surface area contributed by atoms with Crippen molar-refractivity contribution >= 4 is 11.8 Å². The molecule has 20 heavy (non-hydrogen) atoms. The van der Waals surface area contributed by atoms with E-state index in [0.29, 0.717) is 11.3 Å². The molecule has 1 aliphatic rings. The van der Waals surface area contributed by atoms with Gasteiger partial charge in [0.2, 0.25) is 0 Å². The first-order valence-corrected chi connectivity index (χ1v) is 8.25. The molecule has 1 aromatic carbocycles. The lowest BCUT2D eigenvalue weighted by molar-refractivity contribution is -0.0631. The van der Waals surface area contributed by atoms with Crippen molar-refractivity contribution in [1.29, 1.82) is 0 Å². The maximum atomic E-state index is 6.17. The third kappa shape index (κ3) is 3.57. The largest absolute Gasteiger partial charge is 0.368 e. The Bertz CT molecular complexity index is 453. The first-order chi connectivity index (χ1) is 9.23. The summed E-state index contributed by atoms with van der Waals surface area (Å²) >= 11 is 1.94. The van der Waals surface area contributed by atoms with E-state index in [1.165, 1.54) is 10.5 Å². The van der Waals surface area contributed by atoms with Gasteiger partial charge in [0.15, 0.2) is 0 Å². The van der Waals surface area contributed by atoms with Crippen molar-refractivity contribution in [1.82, 2.24) is 5.32 Å². The summed E-state index contributed by atoms with van der Waals surface area (Å²) in [5.74, 6) is 0. The van der Waals surface area contributed by atoms with Crippen LogP contribution < -0.4 is 5.32 Å². The van der Waals surface area contributed by atoms with Gasteiger partial charge in [-0.1, -0.05) is 12.1 Å². The highest BCUT2D eigenvalue weighted by Gasteiger charge is 2.46. The van der Waals surface area contributed by atoms with E-state index in [4.69, 9.17) is 4.74 Å². The zero-order valence-electron chi connectivity index (χ0n) is 13.5. The van der Waals surface area contributed by atoms with Gasteiger partial charge in [0, 0.05) is 16.2 Å². The Balaban J connectivity index is 2.07. The Labute approximate surface area is 127 Å². The molecule has 0 amide bonds. The molecule has 2 unspecified atom stereocenters. The van der Waals surface area contributed by atoms with Crippen LogP contribution in [0.2, 0.25) is 0 Å². The monoisotopic (exact) mass is 293 g/mol. The summed E-state index contributed by atoms with van der Waals surface area (Å²) in [6.45, 7) is 11.0. The van der Waals surface area contributed by atoms with E-state index in [9.17, 15) is 0 Å².